The number of hydrogen-bond donors (Lipinski definition) is 0. The number of benzene rings is 2. The molecule has 0 aliphatic heterocycles. The highest BCUT2D eigenvalue weighted by Crippen LogP contribution is 2.25. The molecule has 0 radical (unpaired) electrons. The average molecular weight is 445 g/mol. The summed E-state index contributed by atoms with van der Waals surface area (Å²) < 4.78 is 6.89. The fourth-order valence-corrected chi connectivity index (χ4v) is 3.87. The summed E-state index contributed by atoms with van der Waals surface area (Å²) >= 11 is 13.3. The van der Waals surface area contributed by atoms with Crippen molar-refractivity contribution in [2.45, 2.75) is 17.5 Å². The van der Waals surface area contributed by atoms with Gasteiger partial charge in [0.25, 0.3) is 11.4 Å². The summed E-state index contributed by atoms with van der Waals surface area (Å²) in [6.45, 7) is 4.07. The zero-order valence-electron chi connectivity index (χ0n) is 15.0. The minimum absolute atomic E-state index is 0.149. The molecule has 4 rings (SSSR count). The quantitative estimate of drug-likeness (QED) is 0.230. The summed E-state index contributed by atoms with van der Waals surface area (Å²) in [5, 5.41) is 6.20. The van der Waals surface area contributed by atoms with Gasteiger partial charge in [-0.2, -0.15) is 4.98 Å². The molecule has 2 aromatic heterocycles. The van der Waals surface area contributed by atoms with Crippen LogP contribution < -0.4 is 5.56 Å². The predicted molar refractivity (Wildman–Crippen MR) is 116 cm³/mol. The number of thioether (sulfide) groups is 1. The molecule has 0 fully saturated rings. The molecule has 0 amide bonds. The first kappa shape index (κ1) is 19.7. The second-order valence-corrected chi connectivity index (χ2v) is 7.89. The molecule has 146 valence electrons. The highest BCUT2D eigenvalue weighted by Gasteiger charge is 2.14. The van der Waals surface area contributed by atoms with Gasteiger partial charge in [-0.25, -0.2) is 4.98 Å². The van der Waals surface area contributed by atoms with Crippen molar-refractivity contribution in [2.75, 3.05) is 0 Å². The van der Waals surface area contributed by atoms with E-state index in [2.05, 4.69) is 21.7 Å². The van der Waals surface area contributed by atoms with E-state index in [4.69, 9.17) is 27.7 Å². The molecule has 0 aliphatic rings. The molecule has 2 aromatic carbocycles. The molecule has 0 spiro atoms. The van der Waals surface area contributed by atoms with Crippen molar-refractivity contribution in [3.05, 3.63) is 81.3 Å². The Morgan fingerprint density at radius 2 is 1.86 bits per heavy atom. The summed E-state index contributed by atoms with van der Waals surface area (Å²) in [6.07, 6.45) is 1.65. The summed E-state index contributed by atoms with van der Waals surface area (Å²) in [5.41, 5.74) is 1.17. The Labute approximate surface area is 180 Å². The van der Waals surface area contributed by atoms with Crippen LogP contribution in [-0.2, 0) is 12.3 Å². The maximum Gasteiger partial charge on any atom is 0.262 e. The molecular formula is C20H14Cl2N4O2S. The number of nitrogens with zero attached hydrogens (tertiary/aromatic N) is 4. The van der Waals surface area contributed by atoms with Crippen LogP contribution in [0.2, 0.25) is 10.0 Å². The molecule has 2 heterocycles. The van der Waals surface area contributed by atoms with Gasteiger partial charge in [-0.3, -0.25) is 9.36 Å². The molecule has 0 aliphatic carbocycles. The van der Waals surface area contributed by atoms with Crippen LogP contribution in [0, 0.1) is 0 Å². The van der Waals surface area contributed by atoms with Crippen LogP contribution in [0.3, 0.4) is 0 Å². The molecule has 29 heavy (non-hydrogen) atoms. The smallest absolute Gasteiger partial charge is 0.262 e. The van der Waals surface area contributed by atoms with Crippen LogP contribution in [0.25, 0.3) is 22.4 Å². The summed E-state index contributed by atoms with van der Waals surface area (Å²) in [4.78, 5) is 21.8. The molecule has 6 nitrogen and oxygen atoms in total. The Kier molecular flexibility index (Phi) is 5.71. The summed E-state index contributed by atoms with van der Waals surface area (Å²) in [7, 11) is 0. The van der Waals surface area contributed by atoms with E-state index in [1.54, 1.807) is 41.0 Å². The van der Waals surface area contributed by atoms with E-state index >= 15 is 0 Å². The predicted octanol–water partition coefficient (Wildman–Crippen LogP) is 5.23. The van der Waals surface area contributed by atoms with Crippen molar-refractivity contribution >= 4 is 45.9 Å². The largest absolute Gasteiger partial charge is 0.334 e. The normalized spacial score (nSPS) is 11.1. The molecule has 9 heteroatoms. The van der Waals surface area contributed by atoms with Gasteiger partial charge < -0.3 is 4.52 Å². The second kappa shape index (κ2) is 8.41. The monoisotopic (exact) mass is 444 g/mol. The Hall–Kier alpha value is -2.61. The topological polar surface area (TPSA) is 73.8 Å². The molecule has 0 atom stereocenters. The van der Waals surface area contributed by atoms with E-state index in [1.807, 2.05) is 12.1 Å². The molecule has 4 aromatic rings. The van der Waals surface area contributed by atoms with E-state index in [-0.39, 0.29) is 5.56 Å². The molecular weight excluding hydrogens is 431 g/mol. The van der Waals surface area contributed by atoms with Gasteiger partial charge in [0.2, 0.25) is 0 Å². The minimum Gasteiger partial charge on any atom is -0.334 e. The zero-order chi connectivity index (χ0) is 20.4. The number of rotatable bonds is 6. The van der Waals surface area contributed by atoms with Gasteiger partial charge in [0.15, 0.2) is 11.0 Å². The first-order chi connectivity index (χ1) is 14.0. The SMILES string of the molecule is C=CCn1c(SCc2noc(-c3ccc(Cl)cc3)n2)nc2cc(Cl)ccc2c1=O. The molecule has 0 saturated heterocycles. The minimum atomic E-state index is -0.149. The van der Waals surface area contributed by atoms with Gasteiger partial charge in [-0.1, -0.05) is 46.2 Å². The van der Waals surface area contributed by atoms with Crippen molar-refractivity contribution in [3.8, 4) is 11.5 Å². The lowest BCUT2D eigenvalue weighted by atomic mass is 10.2. The summed E-state index contributed by atoms with van der Waals surface area (Å²) in [5.74, 6) is 1.27. The van der Waals surface area contributed by atoms with Crippen LogP contribution in [0.4, 0.5) is 0 Å². The van der Waals surface area contributed by atoms with Gasteiger partial charge >= 0.3 is 0 Å². The van der Waals surface area contributed by atoms with Crippen molar-refractivity contribution in [1.29, 1.82) is 0 Å². The lowest BCUT2D eigenvalue weighted by Crippen LogP contribution is -2.22. The lowest BCUT2D eigenvalue weighted by Gasteiger charge is -2.10. The zero-order valence-corrected chi connectivity index (χ0v) is 17.3. The van der Waals surface area contributed by atoms with Crippen molar-refractivity contribution in [1.82, 2.24) is 19.7 Å². The van der Waals surface area contributed by atoms with E-state index < -0.39 is 0 Å². The standard InChI is InChI=1S/C20H14Cl2N4O2S/c1-2-9-26-19(27)15-8-7-14(22)10-16(15)23-20(26)29-11-17-24-18(28-25-17)12-3-5-13(21)6-4-12/h2-8,10H,1,9,11H2. The van der Waals surface area contributed by atoms with E-state index in [0.29, 0.717) is 50.1 Å². The van der Waals surface area contributed by atoms with Crippen molar-refractivity contribution in [3.63, 3.8) is 0 Å². The number of hydrogen-bond acceptors (Lipinski definition) is 6. The maximum absolute atomic E-state index is 12.8. The van der Waals surface area contributed by atoms with Gasteiger partial charge in [-0.15, -0.1) is 6.58 Å². The van der Waals surface area contributed by atoms with Crippen molar-refractivity contribution in [2.24, 2.45) is 0 Å². The molecule has 0 unspecified atom stereocenters. The van der Waals surface area contributed by atoms with Crippen molar-refractivity contribution < 1.29 is 4.52 Å². The first-order valence-electron chi connectivity index (χ1n) is 8.57. The van der Waals surface area contributed by atoms with Crippen LogP contribution in [0.15, 0.2) is 69.6 Å². The fraction of sp³-hybridized carbons (Fsp3) is 0.100. The number of allylic oxidation sites excluding steroid dienone is 1. The first-order valence-corrected chi connectivity index (χ1v) is 10.3. The van der Waals surface area contributed by atoms with Gasteiger partial charge in [-0.05, 0) is 42.5 Å². The number of halogens is 2. The number of fused-ring (bicyclic) bond motifs is 1. The molecule has 0 saturated carbocycles. The Morgan fingerprint density at radius 3 is 2.62 bits per heavy atom. The van der Waals surface area contributed by atoms with Crippen LogP contribution >= 0.6 is 35.0 Å². The highest BCUT2D eigenvalue weighted by molar-refractivity contribution is 7.98. The molecule has 0 N–H and O–H groups in total. The van der Waals surface area contributed by atoms with Crippen LogP contribution in [0.5, 0.6) is 0 Å². The van der Waals surface area contributed by atoms with Crippen LogP contribution in [0.1, 0.15) is 5.82 Å². The Balaban J connectivity index is 1.62. The second-order valence-electron chi connectivity index (χ2n) is 6.07. The van der Waals surface area contributed by atoms with Gasteiger partial charge in [0.05, 0.1) is 16.7 Å². The fourth-order valence-electron chi connectivity index (χ4n) is 2.73. The third kappa shape index (κ3) is 4.22. The third-order valence-corrected chi connectivity index (χ3v) is 5.54. The third-order valence-electron chi connectivity index (χ3n) is 4.08. The lowest BCUT2D eigenvalue weighted by molar-refractivity contribution is 0.425. The Morgan fingerprint density at radius 1 is 1.10 bits per heavy atom. The average Bonchev–Trinajstić information content (AvgIpc) is 3.18. The Bertz CT molecular complexity index is 1250. The van der Waals surface area contributed by atoms with Gasteiger partial charge in [0, 0.05) is 22.2 Å². The molecule has 0 bridgehead atoms. The van der Waals surface area contributed by atoms with E-state index in [9.17, 15) is 4.79 Å². The number of aromatic nitrogens is 4. The van der Waals surface area contributed by atoms with Crippen LogP contribution in [-0.4, -0.2) is 19.7 Å². The van der Waals surface area contributed by atoms with Gasteiger partial charge in [0.1, 0.15) is 0 Å². The van der Waals surface area contributed by atoms with E-state index in [0.717, 1.165) is 5.56 Å². The summed E-state index contributed by atoms with van der Waals surface area (Å²) in [6, 6.07) is 12.2. The van der Waals surface area contributed by atoms with E-state index in [1.165, 1.54) is 11.8 Å². The maximum atomic E-state index is 12.8. The highest BCUT2D eigenvalue weighted by atomic mass is 35.5.